The molecular formula is C9H11ClN2O2. The van der Waals surface area contributed by atoms with Crippen molar-refractivity contribution in [3.8, 4) is 0 Å². The lowest BCUT2D eigenvalue weighted by Gasteiger charge is -2.10. The van der Waals surface area contributed by atoms with E-state index in [0.29, 0.717) is 10.6 Å². The number of hydrogen-bond donors (Lipinski definition) is 1. The Morgan fingerprint density at radius 2 is 2.21 bits per heavy atom. The van der Waals surface area contributed by atoms with Gasteiger partial charge in [0, 0.05) is 22.7 Å². The summed E-state index contributed by atoms with van der Waals surface area (Å²) in [7, 11) is 1.75. The van der Waals surface area contributed by atoms with Gasteiger partial charge in [0.2, 0.25) is 0 Å². The van der Waals surface area contributed by atoms with Gasteiger partial charge in [-0.05, 0) is 26.1 Å². The van der Waals surface area contributed by atoms with Gasteiger partial charge < -0.3 is 5.32 Å². The maximum Gasteiger partial charge on any atom is 0.275 e. The van der Waals surface area contributed by atoms with Gasteiger partial charge in [-0.25, -0.2) is 0 Å². The van der Waals surface area contributed by atoms with E-state index in [2.05, 4.69) is 5.32 Å². The van der Waals surface area contributed by atoms with Crippen LogP contribution < -0.4 is 5.32 Å². The number of benzene rings is 1. The van der Waals surface area contributed by atoms with Gasteiger partial charge in [0.15, 0.2) is 0 Å². The number of nitro groups is 1. The number of nitrogens with zero attached hydrogens (tertiary/aromatic N) is 1. The Labute approximate surface area is 87.0 Å². The zero-order chi connectivity index (χ0) is 10.7. The van der Waals surface area contributed by atoms with Gasteiger partial charge in [-0.1, -0.05) is 11.6 Å². The first kappa shape index (κ1) is 10.9. The predicted molar refractivity (Wildman–Crippen MR) is 55.6 cm³/mol. The summed E-state index contributed by atoms with van der Waals surface area (Å²) >= 11 is 5.68. The number of nitro benzene ring substituents is 1. The monoisotopic (exact) mass is 214 g/mol. The molecule has 0 aliphatic rings. The lowest BCUT2D eigenvalue weighted by Crippen LogP contribution is -2.13. The highest BCUT2D eigenvalue weighted by atomic mass is 35.5. The molecule has 0 aliphatic heterocycles. The molecule has 1 aromatic carbocycles. The second-order valence-corrected chi connectivity index (χ2v) is 3.41. The SMILES string of the molecule is CNC(C)c1ccc(Cl)cc1[N+](=O)[O-]. The molecule has 1 N–H and O–H groups in total. The molecule has 0 amide bonds. The predicted octanol–water partition coefficient (Wildman–Crippen LogP) is 2.53. The number of halogens is 1. The van der Waals surface area contributed by atoms with Crippen LogP contribution in [0, 0.1) is 10.1 Å². The summed E-state index contributed by atoms with van der Waals surface area (Å²) in [6, 6.07) is 4.62. The molecule has 1 rings (SSSR count). The summed E-state index contributed by atoms with van der Waals surface area (Å²) in [5.41, 5.74) is 0.696. The van der Waals surface area contributed by atoms with Crippen molar-refractivity contribution in [2.24, 2.45) is 0 Å². The third kappa shape index (κ3) is 2.21. The van der Waals surface area contributed by atoms with Gasteiger partial charge in [-0.2, -0.15) is 0 Å². The molecule has 1 aromatic rings. The first-order valence-corrected chi connectivity index (χ1v) is 4.55. The van der Waals surface area contributed by atoms with E-state index in [1.165, 1.54) is 6.07 Å². The van der Waals surface area contributed by atoms with Gasteiger partial charge in [-0.15, -0.1) is 0 Å². The van der Waals surface area contributed by atoms with E-state index in [9.17, 15) is 10.1 Å². The highest BCUT2D eigenvalue weighted by Gasteiger charge is 2.17. The van der Waals surface area contributed by atoms with E-state index in [4.69, 9.17) is 11.6 Å². The van der Waals surface area contributed by atoms with E-state index < -0.39 is 4.92 Å². The molecule has 5 heteroatoms. The van der Waals surface area contributed by atoms with Gasteiger partial charge in [0.25, 0.3) is 5.69 Å². The van der Waals surface area contributed by atoms with Crippen LogP contribution in [0.25, 0.3) is 0 Å². The Balaban J connectivity index is 3.21. The Bertz CT molecular complexity index is 355. The van der Waals surface area contributed by atoms with Crippen LogP contribution in [0.4, 0.5) is 5.69 Å². The zero-order valence-corrected chi connectivity index (χ0v) is 8.71. The molecule has 1 atom stereocenters. The molecule has 0 saturated carbocycles. The molecule has 0 aromatic heterocycles. The van der Waals surface area contributed by atoms with E-state index in [1.54, 1.807) is 19.2 Å². The molecule has 4 nitrogen and oxygen atoms in total. The molecule has 0 saturated heterocycles. The van der Waals surface area contributed by atoms with Crippen molar-refractivity contribution >= 4 is 17.3 Å². The van der Waals surface area contributed by atoms with Gasteiger partial charge in [0.05, 0.1) is 4.92 Å². The van der Waals surface area contributed by atoms with Crippen LogP contribution in [-0.4, -0.2) is 12.0 Å². The zero-order valence-electron chi connectivity index (χ0n) is 7.95. The van der Waals surface area contributed by atoms with Crippen LogP contribution in [0.1, 0.15) is 18.5 Å². The van der Waals surface area contributed by atoms with E-state index in [1.807, 2.05) is 6.92 Å². The Morgan fingerprint density at radius 1 is 1.57 bits per heavy atom. The molecule has 14 heavy (non-hydrogen) atoms. The number of hydrogen-bond acceptors (Lipinski definition) is 3. The van der Waals surface area contributed by atoms with Crippen LogP contribution in [0.2, 0.25) is 5.02 Å². The second kappa shape index (κ2) is 4.39. The Kier molecular flexibility index (Phi) is 3.43. The fourth-order valence-corrected chi connectivity index (χ4v) is 1.36. The summed E-state index contributed by atoms with van der Waals surface area (Å²) in [6.45, 7) is 1.86. The van der Waals surface area contributed by atoms with Gasteiger partial charge >= 0.3 is 0 Å². The standard InChI is InChI=1S/C9H11ClN2O2/c1-6(11-2)8-4-3-7(10)5-9(8)12(13)14/h3-6,11H,1-2H3. The smallest absolute Gasteiger partial charge is 0.275 e. The molecule has 1 unspecified atom stereocenters. The quantitative estimate of drug-likeness (QED) is 0.622. The second-order valence-electron chi connectivity index (χ2n) is 2.97. The summed E-state index contributed by atoms with van der Waals surface area (Å²) in [5.74, 6) is 0. The summed E-state index contributed by atoms with van der Waals surface area (Å²) in [5, 5.41) is 14.0. The van der Waals surface area contributed by atoms with E-state index >= 15 is 0 Å². The van der Waals surface area contributed by atoms with Crippen molar-refractivity contribution in [3.05, 3.63) is 38.9 Å². The average Bonchev–Trinajstić information content (AvgIpc) is 2.16. The summed E-state index contributed by atoms with van der Waals surface area (Å²) in [6.07, 6.45) is 0. The molecule has 0 fully saturated rings. The summed E-state index contributed by atoms with van der Waals surface area (Å²) in [4.78, 5) is 10.3. The van der Waals surface area contributed by atoms with Crippen LogP contribution in [-0.2, 0) is 0 Å². The van der Waals surface area contributed by atoms with Crippen molar-refractivity contribution in [2.75, 3.05) is 7.05 Å². The van der Waals surface area contributed by atoms with Gasteiger partial charge in [0.1, 0.15) is 0 Å². The fraction of sp³-hybridized carbons (Fsp3) is 0.333. The minimum absolute atomic E-state index is 0.0550. The highest BCUT2D eigenvalue weighted by molar-refractivity contribution is 6.30. The topological polar surface area (TPSA) is 55.2 Å². The van der Waals surface area contributed by atoms with Crippen LogP contribution in [0.3, 0.4) is 0 Å². The lowest BCUT2D eigenvalue weighted by molar-refractivity contribution is -0.385. The molecule has 0 heterocycles. The van der Waals surface area contributed by atoms with Gasteiger partial charge in [-0.3, -0.25) is 10.1 Å². The minimum atomic E-state index is -0.422. The van der Waals surface area contributed by atoms with Crippen molar-refractivity contribution in [1.82, 2.24) is 5.32 Å². The van der Waals surface area contributed by atoms with Crippen molar-refractivity contribution in [2.45, 2.75) is 13.0 Å². The van der Waals surface area contributed by atoms with Crippen molar-refractivity contribution < 1.29 is 4.92 Å². The average molecular weight is 215 g/mol. The third-order valence-electron chi connectivity index (χ3n) is 2.09. The molecule has 0 spiro atoms. The van der Waals surface area contributed by atoms with Crippen LogP contribution >= 0.6 is 11.6 Å². The minimum Gasteiger partial charge on any atom is -0.313 e. The van der Waals surface area contributed by atoms with Crippen molar-refractivity contribution in [3.63, 3.8) is 0 Å². The molecule has 76 valence electrons. The normalized spacial score (nSPS) is 12.5. The molecule has 0 aliphatic carbocycles. The number of rotatable bonds is 3. The highest BCUT2D eigenvalue weighted by Crippen LogP contribution is 2.27. The summed E-state index contributed by atoms with van der Waals surface area (Å²) < 4.78 is 0. The maximum atomic E-state index is 10.7. The molecule has 0 bridgehead atoms. The molecule has 0 radical (unpaired) electrons. The Hall–Kier alpha value is -1.13. The van der Waals surface area contributed by atoms with Crippen LogP contribution in [0.5, 0.6) is 0 Å². The first-order chi connectivity index (χ1) is 6.56. The largest absolute Gasteiger partial charge is 0.313 e. The van der Waals surface area contributed by atoms with E-state index in [0.717, 1.165) is 0 Å². The maximum absolute atomic E-state index is 10.7. The fourth-order valence-electron chi connectivity index (χ4n) is 1.20. The Morgan fingerprint density at radius 3 is 2.71 bits per heavy atom. The molecular weight excluding hydrogens is 204 g/mol. The van der Waals surface area contributed by atoms with E-state index in [-0.39, 0.29) is 11.7 Å². The third-order valence-corrected chi connectivity index (χ3v) is 2.32. The lowest BCUT2D eigenvalue weighted by atomic mass is 10.1. The first-order valence-electron chi connectivity index (χ1n) is 4.17. The van der Waals surface area contributed by atoms with Crippen LogP contribution in [0.15, 0.2) is 18.2 Å². The van der Waals surface area contributed by atoms with Crippen molar-refractivity contribution in [1.29, 1.82) is 0 Å². The number of nitrogens with one attached hydrogen (secondary N) is 1.